The lowest BCUT2D eigenvalue weighted by Crippen LogP contribution is -2.26. The lowest BCUT2D eigenvalue weighted by molar-refractivity contribution is 0.0996. The number of nitrogens with zero attached hydrogens (tertiary/aromatic N) is 3. The van der Waals surface area contributed by atoms with Crippen LogP contribution in [0.4, 0.5) is 13.2 Å². The van der Waals surface area contributed by atoms with Crippen molar-refractivity contribution < 1.29 is 18.0 Å². The Hall–Kier alpha value is -2.48. The summed E-state index contributed by atoms with van der Waals surface area (Å²) in [6.07, 6.45) is -2.05. The zero-order valence-corrected chi connectivity index (χ0v) is 17.1. The number of alkyl halides is 2. The number of carbonyl (C=O) groups is 1. The van der Waals surface area contributed by atoms with E-state index in [-0.39, 0.29) is 16.9 Å². The summed E-state index contributed by atoms with van der Waals surface area (Å²) in [5, 5.41) is 0.509. The third-order valence-corrected chi connectivity index (χ3v) is 5.71. The minimum absolute atomic E-state index is 0.106. The molecule has 3 heterocycles. The minimum atomic E-state index is -2.83. The van der Waals surface area contributed by atoms with Crippen molar-refractivity contribution in [1.82, 2.24) is 13.9 Å². The van der Waals surface area contributed by atoms with Crippen molar-refractivity contribution in [3.8, 4) is 11.8 Å². The van der Waals surface area contributed by atoms with Gasteiger partial charge >= 0.3 is 0 Å². The minimum Gasteiger partial charge on any atom is -0.307 e. The van der Waals surface area contributed by atoms with Gasteiger partial charge in [0.05, 0.1) is 17.0 Å². The molecule has 0 bridgehead atoms. The summed E-state index contributed by atoms with van der Waals surface area (Å²) < 4.78 is 43.7. The highest BCUT2D eigenvalue weighted by Crippen LogP contribution is 2.28. The summed E-state index contributed by atoms with van der Waals surface area (Å²) >= 11 is 8.28. The molecule has 0 aliphatic carbocycles. The standard InChI is InChI=1S/C18H11ClF3N3O2S2/c1-9-23-16(29-24-9)3-2-11-6-14(28-17(11)19)13(26)5-10-4-12(20)18(27)25(7-10)8-15(21)22/h4,6-7,15H,5,8H2,1H3. The smallest absolute Gasteiger partial charge is 0.286 e. The van der Waals surface area contributed by atoms with Gasteiger partial charge in [-0.3, -0.25) is 9.59 Å². The van der Waals surface area contributed by atoms with Gasteiger partial charge in [-0.25, -0.2) is 18.2 Å². The third kappa shape index (κ3) is 5.32. The number of ketones is 1. The number of hydrogen-bond donors (Lipinski definition) is 0. The fourth-order valence-electron chi connectivity index (χ4n) is 2.37. The quantitative estimate of drug-likeness (QED) is 0.430. The summed E-state index contributed by atoms with van der Waals surface area (Å²) in [6, 6.07) is 2.37. The topological polar surface area (TPSA) is 64.8 Å². The highest BCUT2D eigenvalue weighted by Gasteiger charge is 2.16. The van der Waals surface area contributed by atoms with Crippen LogP contribution >= 0.6 is 34.5 Å². The Morgan fingerprint density at radius 1 is 1.34 bits per heavy atom. The number of aromatic nitrogens is 3. The molecule has 0 saturated carbocycles. The van der Waals surface area contributed by atoms with Gasteiger partial charge < -0.3 is 4.57 Å². The fraction of sp³-hybridized carbons (Fsp3) is 0.222. The lowest BCUT2D eigenvalue weighted by Gasteiger charge is -2.08. The number of thiophene rings is 1. The summed E-state index contributed by atoms with van der Waals surface area (Å²) in [7, 11) is 0. The SMILES string of the molecule is Cc1nsc(C#Cc2cc(C(=O)Cc3cc(F)c(=O)n(CC(F)F)c3)sc2Cl)n1. The molecule has 0 aromatic carbocycles. The molecule has 0 spiro atoms. The first-order valence-electron chi connectivity index (χ1n) is 8.05. The van der Waals surface area contributed by atoms with E-state index in [4.69, 9.17) is 11.6 Å². The third-order valence-electron chi connectivity index (χ3n) is 3.59. The van der Waals surface area contributed by atoms with Crippen molar-refractivity contribution in [3.05, 3.63) is 65.7 Å². The van der Waals surface area contributed by atoms with Crippen LogP contribution in [0.15, 0.2) is 23.1 Å². The fourth-order valence-corrected chi connectivity index (χ4v) is 4.03. The molecule has 0 aliphatic rings. The summed E-state index contributed by atoms with van der Waals surface area (Å²) in [5.41, 5.74) is -0.624. The van der Waals surface area contributed by atoms with Crippen molar-refractivity contribution in [1.29, 1.82) is 0 Å². The van der Waals surface area contributed by atoms with Crippen LogP contribution in [0.25, 0.3) is 0 Å². The number of aryl methyl sites for hydroxylation is 1. The molecule has 3 aromatic heterocycles. The Balaban J connectivity index is 1.81. The molecule has 11 heteroatoms. The van der Waals surface area contributed by atoms with E-state index in [0.29, 0.717) is 25.3 Å². The Bertz CT molecular complexity index is 1190. The maximum Gasteiger partial charge on any atom is 0.286 e. The van der Waals surface area contributed by atoms with E-state index < -0.39 is 30.1 Å². The van der Waals surface area contributed by atoms with Crippen LogP contribution in [-0.2, 0) is 13.0 Å². The molecule has 0 aliphatic heterocycles. The maximum atomic E-state index is 13.7. The molecule has 0 N–H and O–H groups in total. The Labute approximate surface area is 176 Å². The first-order valence-corrected chi connectivity index (χ1v) is 10.0. The van der Waals surface area contributed by atoms with Crippen LogP contribution < -0.4 is 5.56 Å². The summed E-state index contributed by atoms with van der Waals surface area (Å²) in [4.78, 5) is 28.5. The Kier molecular flexibility index (Phi) is 6.52. The molecule has 0 saturated heterocycles. The normalized spacial score (nSPS) is 10.8. The molecule has 3 rings (SSSR count). The average molecular weight is 458 g/mol. The average Bonchev–Trinajstić information content (AvgIpc) is 3.22. The Morgan fingerprint density at radius 2 is 2.10 bits per heavy atom. The number of hydrogen-bond acceptors (Lipinski definition) is 6. The summed E-state index contributed by atoms with van der Waals surface area (Å²) in [5.74, 6) is 4.64. The second kappa shape index (κ2) is 8.90. The van der Waals surface area contributed by atoms with E-state index >= 15 is 0 Å². The van der Waals surface area contributed by atoms with Crippen molar-refractivity contribution in [2.75, 3.05) is 0 Å². The van der Waals surface area contributed by atoms with Crippen LogP contribution in [0.3, 0.4) is 0 Å². The van der Waals surface area contributed by atoms with Crippen molar-refractivity contribution in [2.45, 2.75) is 26.3 Å². The second-order valence-corrected chi connectivity index (χ2v) is 8.25. The van der Waals surface area contributed by atoms with Gasteiger partial charge in [0, 0.05) is 12.6 Å². The van der Waals surface area contributed by atoms with Crippen LogP contribution in [0.1, 0.15) is 31.6 Å². The molecule has 29 heavy (non-hydrogen) atoms. The van der Waals surface area contributed by atoms with E-state index in [1.165, 1.54) is 6.07 Å². The highest BCUT2D eigenvalue weighted by atomic mass is 35.5. The molecular weight excluding hydrogens is 447 g/mol. The molecule has 0 amide bonds. The largest absolute Gasteiger partial charge is 0.307 e. The van der Waals surface area contributed by atoms with Gasteiger partial charge in [-0.1, -0.05) is 17.5 Å². The lowest BCUT2D eigenvalue weighted by atomic mass is 10.1. The predicted octanol–water partition coefficient (Wildman–Crippen LogP) is 3.95. The van der Waals surface area contributed by atoms with Crippen LogP contribution in [0, 0.1) is 24.6 Å². The van der Waals surface area contributed by atoms with E-state index in [1.54, 1.807) is 6.92 Å². The highest BCUT2D eigenvalue weighted by molar-refractivity contribution is 7.18. The number of halogens is 4. The van der Waals surface area contributed by atoms with Crippen molar-refractivity contribution >= 4 is 40.3 Å². The van der Waals surface area contributed by atoms with Gasteiger partial charge in [-0.15, -0.1) is 11.3 Å². The molecule has 3 aromatic rings. The van der Waals surface area contributed by atoms with Gasteiger partial charge in [-0.2, -0.15) is 4.37 Å². The first kappa shape index (κ1) is 21.2. The molecule has 0 fully saturated rings. The molecular formula is C18H11ClF3N3O2S2. The van der Waals surface area contributed by atoms with Gasteiger partial charge in [-0.05, 0) is 42.1 Å². The monoisotopic (exact) mass is 457 g/mol. The van der Waals surface area contributed by atoms with Gasteiger partial charge in [0.2, 0.25) is 0 Å². The van der Waals surface area contributed by atoms with Gasteiger partial charge in [0.1, 0.15) is 10.2 Å². The van der Waals surface area contributed by atoms with Crippen molar-refractivity contribution in [2.24, 2.45) is 0 Å². The zero-order chi connectivity index (χ0) is 21.1. The van der Waals surface area contributed by atoms with Crippen molar-refractivity contribution in [3.63, 3.8) is 0 Å². The molecule has 0 radical (unpaired) electrons. The summed E-state index contributed by atoms with van der Waals surface area (Å²) in [6.45, 7) is 0.788. The molecule has 0 unspecified atom stereocenters. The molecule has 0 atom stereocenters. The predicted molar refractivity (Wildman–Crippen MR) is 105 cm³/mol. The maximum absolute atomic E-state index is 13.7. The van der Waals surface area contributed by atoms with Crippen LogP contribution in [0.5, 0.6) is 0 Å². The second-order valence-electron chi connectivity index (χ2n) is 5.84. The number of carbonyl (C=O) groups excluding carboxylic acids is 1. The zero-order valence-electron chi connectivity index (χ0n) is 14.7. The van der Waals surface area contributed by atoms with Crippen LogP contribution in [-0.4, -0.2) is 26.1 Å². The van der Waals surface area contributed by atoms with E-state index in [1.807, 2.05) is 0 Å². The van der Waals surface area contributed by atoms with E-state index in [9.17, 15) is 22.8 Å². The number of pyridine rings is 1. The van der Waals surface area contributed by atoms with E-state index in [2.05, 4.69) is 21.2 Å². The van der Waals surface area contributed by atoms with Crippen LogP contribution in [0.2, 0.25) is 4.34 Å². The Morgan fingerprint density at radius 3 is 2.76 bits per heavy atom. The first-order chi connectivity index (χ1) is 13.7. The number of rotatable bonds is 5. The van der Waals surface area contributed by atoms with E-state index in [0.717, 1.165) is 35.1 Å². The van der Waals surface area contributed by atoms with Gasteiger partial charge in [0.15, 0.2) is 16.6 Å². The molecule has 150 valence electrons. The van der Waals surface area contributed by atoms with Gasteiger partial charge in [0.25, 0.3) is 12.0 Å². The molecule has 5 nitrogen and oxygen atoms in total. The number of Topliss-reactive ketones (excluding diaryl/α,β-unsaturated/α-hetero) is 1.